The van der Waals surface area contributed by atoms with Crippen LogP contribution in [0.15, 0.2) is 35.5 Å². The third-order valence-corrected chi connectivity index (χ3v) is 1.81. The van der Waals surface area contributed by atoms with Crippen molar-refractivity contribution in [2.24, 2.45) is 0 Å². The molecule has 1 aliphatic rings. The summed E-state index contributed by atoms with van der Waals surface area (Å²) in [7, 11) is 0. The van der Waals surface area contributed by atoms with Gasteiger partial charge in [-0.15, -0.1) is 0 Å². The van der Waals surface area contributed by atoms with E-state index in [1.54, 1.807) is 0 Å². The predicted molar refractivity (Wildman–Crippen MR) is 41.3 cm³/mol. The fourth-order valence-electron chi connectivity index (χ4n) is 1.03. The summed E-state index contributed by atoms with van der Waals surface area (Å²) in [4.78, 5) is 0. The highest BCUT2D eigenvalue weighted by Crippen LogP contribution is 2.24. The lowest BCUT2D eigenvalue weighted by molar-refractivity contribution is 1.18. The van der Waals surface area contributed by atoms with E-state index in [-0.39, 0.29) is 0 Å². The molecule has 0 unspecified atom stereocenters. The summed E-state index contributed by atoms with van der Waals surface area (Å²) in [5.41, 5.74) is 4.24. The molecule has 0 aromatic carbocycles. The molecule has 0 heterocycles. The van der Waals surface area contributed by atoms with E-state index in [1.807, 2.05) is 6.08 Å². The molecule has 0 amide bonds. The second-order valence-electron chi connectivity index (χ2n) is 2.56. The Morgan fingerprint density at radius 2 is 2.22 bits per heavy atom. The normalized spacial score (nSPS) is 18.2. The molecule has 0 fully saturated rings. The Labute approximate surface area is 56.6 Å². The van der Waals surface area contributed by atoms with Crippen LogP contribution in [-0.4, -0.2) is 0 Å². The molecule has 0 saturated heterocycles. The molecular weight excluding hydrogens is 108 g/mol. The van der Waals surface area contributed by atoms with Crippen LogP contribution in [0.25, 0.3) is 0 Å². The first-order valence-corrected chi connectivity index (χ1v) is 3.23. The predicted octanol–water partition coefficient (Wildman–Crippen LogP) is 2.84. The summed E-state index contributed by atoms with van der Waals surface area (Å²) in [6.07, 6.45) is 5.23. The van der Waals surface area contributed by atoms with Crippen LogP contribution >= 0.6 is 0 Å². The molecule has 0 aromatic rings. The van der Waals surface area contributed by atoms with Crippen LogP contribution < -0.4 is 0 Å². The molecule has 0 N–H and O–H groups in total. The van der Waals surface area contributed by atoms with Crippen LogP contribution in [0.3, 0.4) is 0 Å². The van der Waals surface area contributed by atoms with Crippen molar-refractivity contribution in [3.8, 4) is 0 Å². The second-order valence-corrected chi connectivity index (χ2v) is 2.56. The highest BCUT2D eigenvalue weighted by molar-refractivity contribution is 5.40. The van der Waals surface area contributed by atoms with Gasteiger partial charge in [0.2, 0.25) is 0 Å². The van der Waals surface area contributed by atoms with Gasteiger partial charge < -0.3 is 0 Å². The molecule has 0 aliphatic heterocycles. The average molecular weight is 120 g/mol. The monoisotopic (exact) mass is 120 g/mol. The third kappa shape index (κ3) is 1.13. The summed E-state index contributed by atoms with van der Waals surface area (Å²) in [6, 6.07) is 0. The van der Waals surface area contributed by atoms with Crippen molar-refractivity contribution in [2.75, 3.05) is 0 Å². The number of hydrogen-bond acceptors (Lipinski definition) is 0. The largest absolute Gasteiger partial charge is 0.0988 e. The first-order valence-electron chi connectivity index (χ1n) is 3.23. The van der Waals surface area contributed by atoms with Crippen LogP contribution in [0, 0.1) is 0 Å². The van der Waals surface area contributed by atoms with Gasteiger partial charge in [0.05, 0.1) is 0 Å². The zero-order valence-corrected chi connectivity index (χ0v) is 6.07. The van der Waals surface area contributed by atoms with E-state index < -0.39 is 0 Å². The van der Waals surface area contributed by atoms with Gasteiger partial charge in [-0.2, -0.15) is 0 Å². The molecule has 1 rings (SSSR count). The Balaban J connectivity index is 2.78. The minimum absolute atomic E-state index is 1.11. The van der Waals surface area contributed by atoms with Crippen molar-refractivity contribution in [1.29, 1.82) is 0 Å². The highest BCUT2D eigenvalue weighted by atomic mass is 14.1. The summed E-state index contributed by atoms with van der Waals surface area (Å²) < 4.78 is 0. The lowest BCUT2D eigenvalue weighted by atomic mass is 10.1. The van der Waals surface area contributed by atoms with Crippen molar-refractivity contribution >= 4 is 0 Å². The van der Waals surface area contributed by atoms with Gasteiger partial charge in [-0.1, -0.05) is 29.9 Å². The maximum atomic E-state index is 3.72. The fraction of sp³-hybridized carbons (Fsp3) is 0.333. The molecule has 0 saturated carbocycles. The van der Waals surface area contributed by atoms with Crippen molar-refractivity contribution in [3.05, 3.63) is 35.5 Å². The Hall–Kier alpha value is -0.780. The van der Waals surface area contributed by atoms with Gasteiger partial charge in [-0.25, -0.2) is 0 Å². The van der Waals surface area contributed by atoms with E-state index in [0.29, 0.717) is 0 Å². The standard InChI is InChI=1S/C9H12/c1-4-9-5-7(2)8(3)6-9/h4-5H,1,6H2,2-3H3. The molecule has 0 aromatic heterocycles. The van der Waals surface area contributed by atoms with Crippen molar-refractivity contribution in [1.82, 2.24) is 0 Å². The highest BCUT2D eigenvalue weighted by Gasteiger charge is 2.04. The zero-order chi connectivity index (χ0) is 6.85. The Bertz CT molecular complexity index is 192. The van der Waals surface area contributed by atoms with Gasteiger partial charge in [-0.05, 0) is 25.8 Å². The maximum absolute atomic E-state index is 3.72. The maximum Gasteiger partial charge on any atom is -0.00643 e. The van der Waals surface area contributed by atoms with Gasteiger partial charge in [0.25, 0.3) is 0 Å². The van der Waals surface area contributed by atoms with Gasteiger partial charge >= 0.3 is 0 Å². The van der Waals surface area contributed by atoms with Crippen molar-refractivity contribution in [3.63, 3.8) is 0 Å². The fourth-order valence-corrected chi connectivity index (χ4v) is 1.03. The first-order chi connectivity index (χ1) is 4.24. The first kappa shape index (κ1) is 6.34. The quantitative estimate of drug-likeness (QED) is 0.499. The summed E-state index contributed by atoms with van der Waals surface area (Å²) in [5, 5.41) is 0. The average Bonchev–Trinajstić information content (AvgIpc) is 2.13. The van der Waals surface area contributed by atoms with E-state index in [9.17, 15) is 0 Å². The molecule has 0 heteroatoms. The van der Waals surface area contributed by atoms with Gasteiger partial charge in [-0.3, -0.25) is 0 Å². The number of allylic oxidation sites excluding steroid dienone is 5. The van der Waals surface area contributed by atoms with Crippen LogP contribution in [0.4, 0.5) is 0 Å². The lowest BCUT2D eigenvalue weighted by Crippen LogP contribution is -1.71. The number of hydrogen-bond donors (Lipinski definition) is 0. The summed E-state index contributed by atoms with van der Waals surface area (Å²) in [5.74, 6) is 0. The minimum Gasteiger partial charge on any atom is -0.0988 e. The Kier molecular flexibility index (Phi) is 1.56. The van der Waals surface area contributed by atoms with Crippen LogP contribution in [-0.2, 0) is 0 Å². The SMILES string of the molecule is C=CC1=CC(C)=C(C)C1. The minimum atomic E-state index is 1.11. The van der Waals surface area contributed by atoms with Gasteiger partial charge in [0.1, 0.15) is 0 Å². The summed E-state index contributed by atoms with van der Waals surface area (Å²) in [6.45, 7) is 8.03. The molecule has 48 valence electrons. The summed E-state index contributed by atoms with van der Waals surface area (Å²) >= 11 is 0. The molecule has 0 bridgehead atoms. The molecule has 0 radical (unpaired) electrons. The molecular formula is C9H12. The van der Waals surface area contributed by atoms with E-state index in [2.05, 4.69) is 26.5 Å². The topological polar surface area (TPSA) is 0 Å². The van der Waals surface area contributed by atoms with Gasteiger partial charge in [0, 0.05) is 0 Å². The third-order valence-electron chi connectivity index (χ3n) is 1.81. The van der Waals surface area contributed by atoms with Crippen LogP contribution in [0.5, 0.6) is 0 Å². The van der Waals surface area contributed by atoms with Crippen LogP contribution in [0.1, 0.15) is 20.3 Å². The lowest BCUT2D eigenvalue weighted by Gasteiger charge is -1.91. The molecule has 9 heavy (non-hydrogen) atoms. The Morgan fingerprint density at radius 3 is 2.44 bits per heavy atom. The van der Waals surface area contributed by atoms with Crippen LogP contribution in [0.2, 0.25) is 0 Å². The van der Waals surface area contributed by atoms with Crippen molar-refractivity contribution in [2.45, 2.75) is 20.3 Å². The smallest absolute Gasteiger partial charge is 0.00643 e. The zero-order valence-electron chi connectivity index (χ0n) is 6.07. The van der Waals surface area contributed by atoms with E-state index >= 15 is 0 Å². The van der Waals surface area contributed by atoms with E-state index in [4.69, 9.17) is 0 Å². The number of rotatable bonds is 1. The molecule has 0 spiro atoms. The second kappa shape index (κ2) is 2.22. The van der Waals surface area contributed by atoms with E-state index in [0.717, 1.165) is 6.42 Å². The van der Waals surface area contributed by atoms with Crippen molar-refractivity contribution < 1.29 is 0 Å². The van der Waals surface area contributed by atoms with Gasteiger partial charge in [0.15, 0.2) is 0 Å². The Morgan fingerprint density at radius 1 is 1.56 bits per heavy atom. The van der Waals surface area contributed by atoms with E-state index in [1.165, 1.54) is 16.7 Å². The molecule has 0 atom stereocenters. The molecule has 1 aliphatic carbocycles. The molecule has 0 nitrogen and oxygen atoms in total.